The number of rotatable bonds is 2. The van der Waals surface area contributed by atoms with Gasteiger partial charge in [0.15, 0.2) is 5.78 Å². The highest BCUT2D eigenvalue weighted by Crippen LogP contribution is 2.35. The van der Waals surface area contributed by atoms with Crippen LogP contribution in [0.2, 0.25) is 0 Å². The van der Waals surface area contributed by atoms with Gasteiger partial charge in [-0.1, -0.05) is 0 Å². The number of carbonyl (C=O) groups excluding carboxylic acids is 1. The molecule has 0 aromatic rings. The first-order valence-electron chi connectivity index (χ1n) is 2.74. The monoisotopic (exact) mass is 131 g/mol. The van der Waals surface area contributed by atoms with E-state index in [4.69, 9.17) is 10.3 Å². The smallest absolute Gasteiger partial charge is 0.163 e. The fraction of sp³-hybridized carbons (Fsp3) is 0.800. The van der Waals surface area contributed by atoms with Gasteiger partial charge in [0, 0.05) is 6.42 Å². The maximum Gasteiger partial charge on any atom is 0.163 e. The van der Waals surface area contributed by atoms with Crippen molar-refractivity contribution < 1.29 is 15.1 Å². The van der Waals surface area contributed by atoms with Gasteiger partial charge in [-0.25, -0.2) is 0 Å². The first-order chi connectivity index (χ1) is 4.11. The lowest BCUT2D eigenvalue weighted by molar-refractivity contribution is -0.128. The summed E-state index contributed by atoms with van der Waals surface area (Å²) >= 11 is 0. The van der Waals surface area contributed by atoms with Crippen LogP contribution in [0.1, 0.15) is 13.3 Å². The highest BCUT2D eigenvalue weighted by molar-refractivity contribution is 5.89. The number of Topliss-reactive ketones (excluding diaryl/α,β-unsaturated/α-hetero) is 1. The molecule has 0 heterocycles. The molecule has 0 bridgehead atoms. The van der Waals surface area contributed by atoms with Gasteiger partial charge in [-0.2, -0.15) is 5.48 Å². The molecule has 0 saturated heterocycles. The molecule has 2 unspecified atom stereocenters. The Bertz CT molecular complexity index is 147. The summed E-state index contributed by atoms with van der Waals surface area (Å²) in [5.41, 5.74) is 0.557. The molecule has 0 radical (unpaired) electrons. The van der Waals surface area contributed by atoms with Crippen LogP contribution in [-0.4, -0.2) is 27.7 Å². The topological polar surface area (TPSA) is 69.6 Å². The third kappa shape index (κ3) is 0.849. The number of aliphatic hydroxyl groups is 1. The van der Waals surface area contributed by atoms with Gasteiger partial charge < -0.3 is 10.3 Å². The highest BCUT2D eigenvalue weighted by atomic mass is 16.5. The molecule has 52 valence electrons. The maximum absolute atomic E-state index is 10.5. The first-order valence-corrected chi connectivity index (χ1v) is 2.74. The van der Waals surface area contributed by atoms with Crippen molar-refractivity contribution in [3.63, 3.8) is 0 Å². The number of ketones is 1. The second-order valence-electron chi connectivity index (χ2n) is 2.37. The van der Waals surface area contributed by atoms with E-state index in [1.54, 1.807) is 0 Å². The summed E-state index contributed by atoms with van der Waals surface area (Å²) in [6.07, 6.45) is 0.318. The molecule has 3 N–H and O–H groups in total. The zero-order valence-electron chi connectivity index (χ0n) is 5.09. The summed E-state index contributed by atoms with van der Waals surface area (Å²) in [6.45, 7) is 1.30. The Kier molecular flexibility index (Phi) is 1.31. The lowest BCUT2D eigenvalue weighted by Crippen LogP contribution is -2.30. The van der Waals surface area contributed by atoms with Gasteiger partial charge >= 0.3 is 0 Å². The second kappa shape index (κ2) is 1.76. The van der Waals surface area contributed by atoms with E-state index in [9.17, 15) is 4.79 Å². The molecule has 4 heteroatoms. The highest BCUT2D eigenvalue weighted by Gasteiger charge is 2.57. The molecule has 9 heavy (non-hydrogen) atoms. The Morgan fingerprint density at radius 3 is 2.56 bits per heavy atom. The SMILES string of the molecule is CC(=O)C1(O)CC1NO. The molecule has 0 aromatic heterocycles. The molecule has 1 aliphatic rings. The molecule has 1 aliphatic carbocycles. The number of carbonyl (C=O) groups is 1. The Labute approximate surface area is 52.4 Å². The zero-order chi connectivity index (χ0) is 7.07. The fourth-order valence-electron chi connectivity index (χ4n) is 0.794. The Morgan fingerprint density at radius 1 is 1.89 bits per heavy atom. The Hall–Kier alpha value is -0.450. The van der Waals surface area contributed by atoms with Crippen LogP contribution in [0.25, 0.3) is 0 Å². The third-order valence-electron chi connectivity index (χ3n) is 1.70. The normalized spacial score (nSPS) is 40.6. The van der Waals surface area contributed by atoms with Crippen molar-refractivity contribution in [2.24, 2.45) is 0 Å². The summed E-state index contributed by atoms with van der Waals surface area (Å²) in [4.78, 5) is 10.5. The van der Waals surface area contributed by atoms with Crippen molar-refractivity contribution in [1.29, 1.82) is 0 Å². The van der Waals surface area contributed by atoms with Gasteiger partial charge in [-0.15, -0.1) is 0 Å². The van der Waals surface area contributed by atoms with Crippen LogP contribution < -0.4 is 5.48 Å². The predicted octanol–water partition coefficient (Wildman–Crippen LogP) is -0.942. The van der Waals surface area contributed by atoms with Crippen molar-refractivity contribution in [3.05, 3.63) is 0 Å². The largest absolute Gasteiger partial charge is 0.380 e. The molecule has 0 amide bonds. The van der Waals surface area contributed by atoms with E-state index < -0.39 is 11.6 Å². The summed E-state index contributed by atoms with van der Waals surface area (Å²) in [6, 6.07) is -0.449. The third-order valence-corrected chi connectivity index (χ3v) is 1.70. The van der Waals surface area contributed by atoms with Crippen LogP contribution in [0.15, 0.2) is 0 Å². The molecule has 1 saturated carbocycles. The van der Waals surface area contributed by atoms with Gasteiger partial charge in [0.1, 0.15) is 5.60 Å². The molecule has 4 nitrogen and oxygen atoms in total. The average molecular weight is 131 g/mol. The number of hydrogen-bond acceptors (Lipinski definition) is 4. The van der Waals surface area contributed by atoms with Crippen molar-refractivity contribution in [2.75, 3.05) is 0 Å². The fourth-order valence-corrected chi connectivity index (χ4v) is 0.794. The first kappa shape index (κ1) is 6.67. The van der Waals surface area contributed by atoms with Crippen molar-refractivity contribution in [1.82, 2.24) is 5.48 Å². The van der Waals surface area contributed by atoms with Crippen molar-refractivity contribution >= 4 is 5.78 Å². The van der Waals surface area contributed by atoms with Crippen LogP contribution >= 0.6 is 0 Å². The summed E-state index contributed by atoms with van der Waals surface area (Å²) in [5.74, 6) is -0.297. The number of nitrogens with one attached hydrogen (secondary N) is 1. The lowest BCUT2D eigenvalue weighted by Gasteiger charge is -2.01. The van der Waals surface area contributed by atoms with Gasteiger partial charge in [-0.05, 0) is 6.92 Å². The van der Waals surface area contributed by atoms with Crippen molar-refractivity contribution in [3.8, 4) is 0 Å². The Balaban J connectivity index is 2.52. The predicted molar refractivity (Wildman–Crippen MR) is 29.0 cm³/mol. The standard InChI is InChI=1S/C5H9NO3/c1-3(7)5(8)2-4(5)6-9/h4,6,8-9H,2H2,1H3. The van der Waals surface area contributed by atoms with Crippen LogP contribution in [-0.2, 0) is 4.79 Å². The number of hydrogen-bond donors (Lipinski definition) is 3. The average Bonchev–Trinajstić information content (AvgIpc) is 2.44. The second-order valence-corrected chi connectivity index (χ2v) is 2.37. The van der Waals surface area contributed by atoms with Gasteiger partial charge in [0.05, 0.1) is 6.04 Å². The minimum absolute atomic E-state index is 0.297. The summed E-state index contributed by atoms with van der Waals surface area (Å²) in [7, 11) is 0. The minimum atomic E-state index is -1.28. The van der Waals surface area contributed by atoms with Crippen LogP contribution in [0.5, 0.6) is 0 Å². The lowest BCUT2D eigenvalue weighted by atomic mass is 10.2. The number of hydroxylamine groups is 1. The molecule has 0 aromatic carbocycles. The molecule has 0 aliphatic heterocycles. The van der Waals surface area contributed by atoms with Crippen molar-refractivity contribution in [2.45, 2.75) is 25.0 Å². The van der Waals surface area contributed by atoms with E-state index in [0.717, 1.165) is 0 Å². The summed E-state index contributed by atoms with van der Waals surface area (Å²) in [5, 5.41) is 17.3. The van der Waals surface area contributed by atoms with E-state index in [0.29, 0.717) is 6.42 Å². The molecule has 1 fully saturated rings. The minimum Gasteiger partial charge on any atom is -0.380 e. The molecule has 2 atom stereocenters. The molecule has 1 rings (SSSR count). The van der Waals surface area contributed by atoms with Gasteiger partial charge in [-0.3, -0.25) is 4.79 Å². The van der Waals surface area contributed by atoms with Crippen LogP contribution in [0, 0.1) is 0 Å². The van der Waals surface area contributed by atoms with E-state index >= 15 is 0 Å². The van der Waals surface area contributed by atoms with E-state index in [-0.39, 0.29) is 5.78 Å². The molecular weight excluding hydrogens is 122 g/mol. The molecule has 0 spiro atoms. The quantitative estimate of drug-likeness (QED) is 0.423. The van der Waals surface area contributed by atoms with Gasteiger partial charge in [0.25, 0.3) is 0 Å². The van der Waals surface area contributed by atoms with E-state index in [2.05, 4.69) is 0 Å². The van der Waals surface area contributed by atoms with Crippen LogP contribution in [0.3, 0.4) is 0 Å². The van der Waals surface area contributed by atoms with Crippen LogP contribution in [0.4, 0.5) is 0 Å². The Morgan fingerprint density at radius 2 is 2.44 bits per heavy atom. The van der Waals surface area contributed by atoms with E-state index in [1.165, 1.54) is 6.92 Å². The van der Waals surface area contributed by atoms with E-state index in [1.807, 2.05) is 5.48 Å². The summed E-state index contributed by atoms with van der Waals surface area (Å²) < 4.78 is 0. The van der Waals surface area contributed by atoms with Gasteiger partial charge in [0.2, 0.25) is 0 Å². The maximum atomic E-state index is 10.5. The molecular formula is C5H9NO3. The zero-order valence-corrected chi connectivity index (χ0v) is 5.09.